The Morgan fingerprint density at radius 2 is 1.06 bits per heavy atom. The highest BCUT2D eigenvalue weighted by Gasteiger charge is 2.30. The normalized spacial score (nSPS) is 12.3. The molecule has 5 rings (SSSR count). The highest BCUT2D eigenvalue weighted by molar-refractivity contribution is 6.89. The summed E-state index contributed by atoms with van der Waals surface area (Å²) in [5, 5.41) is 4.14. The summed E-state index contributed by atoms with van der Waals surface area (Å²) in [5.74, 6) is 0.141. The third kappa shape index (κ3) is 3.24. The number of para-hydroxylation sites is 2. The molecule has 31 heavy (non-hydrogen) atoms. The smallest absolute Gasteiger partial charge is 0.0780 e. The van der Waals surface area contributed by atoms with Gasteiger partial charge in [-0.3, -0.25) is 0 Å². The number of hydrogen-bond donors (Lipinski definition) is 2. The van der Waals surface area contributed by atoms with Crippen molar-refractivity contribution < 1.29 is 0 Å². The summed E-state index contributed by atoms with van der Waals surface area (Å²) in [6, 6.07) is 26.4. The van der Waals surface area contributed by atoms with E-state index in [4.69, 9.17) is 0 Å². The molecule has 0 bridgehead atoms. The maximum Gasteiger partial charge on any atom is 0.0780 e. The molecule has 0 aliphatic carbocycles. The van der Waals surface area contributed by atoms with Gasteiger partial charge >= 0.3 is 0 Å². The van der Waals surface area contributed by atoms with Crippen LogP contribution < -0.4 is 5.19 Å². The quantitative estimate of drug-likeness (QED) is 0.292. The fourth-order valence-electron chi connectivity index (χ4n) is 5.07. The first-order valence-electron chi connectivity index (χ1n) is 11.1. The number of rotatable bonds is 4. The van der Waals surface area contributed by atoms with Gasteiger partial charge in [-0.2, -0.15) is 0 Å². The Morgan fingerprint density at radius 1 is 0.613 bits per heavy atom. The van der Waals surface area contributed by atoms with Crippen LogP contribution in [-0.4, -0.2) is 18.0 Å². The Bertz CT molecular complexity index is 1320. The lowest BCUT2D eigenvalue weighted by Gasteiger charge is -2.27. The van der Waals surface area contributed by atoms with Gasteiger partial charge in [-0.1, -0.05) is 85.5 Å². The van der Waals surface area contributed by atoms with Crippen LogP contribution in [-0.2, 0) is 0 Å². The summed E-state index contributed by atoms with van der Waals surface area (Å²) in [4.78, 5) is 7.61. The Balaban J connectivity index is 1.86. The molecule has 2 heterocycles. The molecular weight excluding hydrogens is 392 g/mol. The van der Waals surface area contributed by atoms with E-state index < -0.39 is 8.07 Å². The second-order valence-electron chi connectivity index (χ2n) is 9.69. The van der Waals surface area contributed by atoms with Gasteiger partial charge in [0.2, 0.25) is 0 Å². The number of H-pyrrole nitrogens is 2. The van der Waals surface area contributed by atoms with Gasteiger partial charge in [0.1, 0.15) is 0 Å². The van der Waals surface area contributed by atoms with E-state index in [0.717, 1.165) is 0 Å². The van der Waals surface area contributed by atoms with Crippen LogP contribution in [0, 0.1) is 13.8 Å². The summed E-state index contributed by atoms with van der Waals surface area (Å²) in [7, 11) is -1.55. The topological polar surface area (TPSA) is 31.6 Å². The molecule has 3 heteroatoms. The molecule has 0 saturated heterocycles. The molecule has 0 fully saturated rings. The average Bonchev–Trinajstić information content (AvgIpc) is 3.26. The van der Waals surface area contributed by atoms with E-state index in [9.17, 15) is 0 Å². The third-order valence-electron chi connectivity index (χ3n) is 6.67. The highest BCUT2D eigenvalue weighted by Crippen LogP contribution is 2.39. The van der Waals surface area contributed by atoms with Gasteiger partial charge in [0, 0.05) is 33.2 Å². The van der Waals surface area contributed by atoms with Crippen molar-refractivity contribution >= 4 is 35.1 Å². The van der Waals surface area contributed by atoms with Gasteiger partial charge in [-0.05, 0) is 42.7 Å². The van der Waals surface area contributed by atoms with Crippen molar-refractivity contribution in [3.8, 4) is 0 Å². The van der Waals surface area contributed by atoms with E-state index in [1.165, 1.54) is 55.1 Å². The number of aromatic nitrogens is 2. The zero-order valence-corrected chi connectivity index (χ0v) is 20.0. The number of aryl methyl sites for hydroxylation is 2. The number of fused-ring (bicyclic) bond motifs is 2. The minimum absolute atomic E-state index is 0.141. The van der Waals surface area contributed by atoms with Gasteiger partial charge in [-0.15, -0.1) is 0 Å². The first-order chi connectivity index (χ1) is 14.9. The summed E-state index contributed by atoms with van der Waals surface area (Å²) in [5.41, 5.74) is 9.10. The molecule has 0 aliphatic heterocycles. The van der Waals surface area contributed by atoms with E-state index in [0.29, 0.717) is 0 Å². The number of hydrogen-bond acceptors (Lipinski definition) is 0. The maximum atomic E-state index is 3.81. The number of aromatic amines is 2. The number of benzene rings is 3. The van der Waals surface area contributed by atoms with Gasteiger partial charge in [0.25, 0.3) is 0 Å². The largest absolute Gasteiger partial charge is 0.357 e. The van der Waals surface area contributed by atoms with Crippen LogP contribution in [0.15, 0.2) is 72.8 Å². The molecule has 0 aliphatic rings. The van der Waals surface area contributed by atoms with Crippen LogP contribution in [0.3, 0.4) is 0 Å². The lowest BCUT2D eigenvalue weighted by Crippen LogP contribution is -2.41. The third-order valence-corrected chi connectivity index (χ3v) is 8.74. The predicted octanol–water partition coefficient (Wildman–Crippen LogP) is 6.99. The van der Waals surface area contributed by atoms with Crippen LogP contribution in [0.2, 0.25) is 19.6 Å². The Kier molecular flexibility index (Phi) is 4.67. The van der Waals surface area contributed by atoms with Crippen molar-refractivity contribution in [2.24, 2.45) is 0 Å². The van der Waals surface area contributed by atoms with Crippen molar-refractivity contribution in [2.45, 2.75) is 39.4 Å². The first-order valence-corrected chi connectivity index (χ1v) is 14.6. The van der Waals surface area contributed by atoms with E-state index in [1.54, 1.807) is 0 Å². The van der Waals surface area contributed by atoms with Crippen LogP contribution >= 0.6 is 0 Å². The van der Waals surface area contributed by atoms with Gasteiger partial charge in [-0.25, -0.2) is 0 Å². The highest BCUT2D eigenvalue weighted by atomic mass is 28.3. The minimum Gasteiger partial charge on any atom is -0.357 e. The van der Waals surface area contributed by atoms with Crippen LogP contribution in [0.4, 0.5) is 0 Å². The molecule has 0 unspecified atom stereocenters. The van der Waals surface area contributed by atoms with Crippen molar-refractivity contribution in [3.63, 3.8) is 0 Å². The fraction of sp³-hybridized carbons (Fsp3) is 0.214. The predicted molar refractivity (Wildman–Crippen MR) is 136 cm³/mol. The summed E-state index contributed by atoms with van der Waals surface area (Å²) in [6.45, 7) is 11.9. The SMILES string of the molecule is Cc1c(C(c2ccccc2[Si](C)(C)C)c2[nH]c3ccccc3c2C)[nH]c2ccccc12. The minimum atomic E-state index is -1.55. The van der Waals surface area contributed by atoms with Crippen molar-refractivity contribution in [2.75, 3.05) is 0 Å². The second-order valence-corrected chi connectivity index (χ2v) is 14.7. The maximum absolute atomic E-state index is 3.81. The molecule has 5 aromatic rings. The lowest BCUT2D eigenvalue weighted by molar-refractivity contribution is 0.891. The molecule has 0 saturated carbocycles. The standard InChI is InChI=1S/C28H30N2Si/c1-18-20-12-6-9-15-23(20)29-27(18)26(22-14-8-11-17-25(22)31(3,4)5)28-19(2)21-13-7-10-16-24(21)30-28/h6-17,26,29-30H,1-5H3. The zero-order chi connectivity index (χ0) is 21.8. The van der Waals surface area contributed by atoms with Gasteiger partial charge in [0.05, 0.1) is 14.0 Å². The lowest BCUT2D eigenvalue weighted by atomic mass is 9.88. The molecule has 3 aromatic carbocycles. The van der Waals surface area contributed by atoms with Gasteiger partial charge < -0.3 is 9.97 Å². The Labute approximate surface area is 185 Å². The number of nitrogens with one attached hydrogen (secondary N) is 2. The Hall–Kier alpha value is -3.04. The average molecular weight is 423 g/mol. The molecular formula is C28H30N2Si. The molecule has 2 aromatic heterocycles. The van der Waals surface area contributed by atoms with Crippen LogP contribution in [0.25, 0.3) is 21.8 Å². The first kappa shape index (κ1) is 19.9. The van der Waals surface area contributed by atoms with E-state index in [2.05, 4.69) is 116 Å². The molecule has 0 atom stereocenters. The fourth-order valence-corrected chi connectivity index (χ4v) is 6.76. The van der Waals surface area contributed by atoms with E-state index >= 15 is 0 Å². The molecule has 156 valence electrons. The molecule has 2 nitrogen and oxygen atoms in total. The van der Waals surface area contributed by atoms with Gasteiger partial charge in [0.15, 0.2) is 0 Å². The summed E-state index contributed by atoms with van der Waals surface area (Å²) >= 11 is 0. The molecule has 2 N–H and O–H groups in total. The second kappa shape index (κ2) is 7.28. The monoisotopic (exact) mass is 422 g/mol. The van der Waals surface area contributed by atoms with Crippen molar-refractivity contribution in [1.29, 1.82) is 0 Å². The molecule has 0 amide bonds. The van der Waals surface area contributed by atoms with Crippen LogP contribution in [0.1, 0.15) is 34.0 Å². The van der Waals surface area contributed by atoms with Crippen molar-refractivity contribution in [3.05, 3.63) is 101 Å². The zero-order valence-electron chi connectivity index (χ0n) is 19.0. The van der Waals surface area contributed by atoms with Crippen LogP contribution in [0.5, 0.6) is 0 Å². The Morgan fingerprint density at radius 3 is 1.55 bits per heavy atom. The summed E-state index contributed by atoms with van der Waals surface area (Å²) < 4.78 is 0. The van der Waals surface area contributed by atoms with E-state index in [1.807, 2.05) is 0 Å². The molecule has 0 spiro atoms. The molecule has 0 radical (unpaired) electrons. The summed E-state index contributed by atoms with van der Waals surface area (Å²) in [6.07, 6.45) is 0. The van der Waals surface area contributed by atoms with E-state index in [-0.39, 0.29) is 5.92 Å². The van der Waals surface area contributed by atoms with Crippen molar-refractivity contribution in [1.82, 2.24) is 9.97 Å².